The molecule has 1 saturated carbocycles. The van der Waals surface area contributed by atoms with E-state index in [9.17, 15) is 0 Å². The van der Waals surface area contributed by atoms with Gasteiger partial charge in [-0.15, -0.1) is 0 Å². The summed E-state index contributed by atoms with van der Waals surface area (Å²) in [5.41, 5.74) is 1.35. The lowest BCUT2D eigenvalue weighted by Gasteiger charge is -2.33. The normalized spacial score (nSPS) is 26.2. The van der Waals surface area contributed by atoms with Crippen LogP contribution in [0.1, 0.15) is 44.7 Å². The Kier molecular flexibility index (Phi) is 4.81. The SMILES string of the molecule is CNC(CCc1ccnn1C)C1CCCC(C)C1. The zero-order chi connectivity index (χ0) is 13.0. The van der Waals surface area contributed by atoms with Crippen LogP contribution in [-0.4, -0.2) is 22.9 Å². The second-order valence-electron chi connectivity index (χ2n) is 5.91. The predicted molar refractivity (Wildman–Crippen MR) is 75.5 cm³/mol. The van der Waals surface area contributed by atoms with Gasteiger partial charge in [-0.25, -0.2) is 0 Å². The molecule has 1 aliphatic rings. The van der Waals surface area contributed by atoms with E-state index < -0.39 is 0 Å². The van der Waals surface area contributed by atoms with Crippen LogP contribution in [0.3, 0.4) is 0 Å². The number of aryl methyl sites for hydroxylation is 2. The van der Waals surface area contributed by atoms with E-state index in [0.717, 1.165) is 18.3 Å². The average Bonchev–Trinajstić information content (AvgIpc) is 2.76. The summed E-state index contributed by atoms with van der Waals surface area (Å²) in [4.78, 5) is 0. The highest BCUT2D eigenvalue weighted by Crippen LogP contribution is 2.32. The molecule has 3 atom stereocenters. The average molecular weight is 249 g/mol. The molecule has 102 valence electrons. The second kappa shape index (κ2) is 6.37. The molecule has 0 amide bonds. The van der Waals surface area contributed by atoms with Gasteiger partial charge in [0.05, 0.1) is 0 Å². The Morgan fingerprint density at radius 1 is 1.50 bits per heavy atom. The van der Waals surface area contributed by atoms with Gasteiger partial charge in [0.15, 0.2) is 0 Å². The molecule has 0 saturated heterocycles. The second-order valence-corrected chi connectivity index (χ2v) is 5.91. The van der Waals surface area contributed by atoms with Gasteiger partial charge >= 0.3 is 0 Å². The summed E-state index contributed by atoms with van der Waals surface area (Å²) in [6.45, 7) is 2.40. The summed E-state index contributed by atoms with van der Waals surface area (Å²) < 4.78 is 2.00. The fraction of sp³-hybridized carbons (Fsp3) is 0.800. The molecule has 3 unspecified atom stereocenters. The van der Waals surface area contributed by atoms with Gasteiger partial charge in [-0.3, -0.25) is 4.68 Å². The molecule has 1 N–H and O–H groups in total. The van der Waals surface area contributed by atoms with Crippen LogP contribution in [0.15, 0.2) is 12.3 Å². The van der Waals surface area contributed by atoms with Gasteiger partial charge in [0.1, 0.15) is 0 Å². The van der Waals surface area contributed by atoms with E-state index in [2.05, 4.69) is 30.5 Å². The summed E-state index contributed by atoms with van der Waals surface area (Å²) in [7, 11) is 4.15. The van der Waals surface area contributed by atoms with Crippen molar-refractivity contribution in [3.05, 3.63) is 18.0 Å². The Morgan fingerprint density at radius 3 is 2.94 bits per heavy atom. The van der Waals surface area contributed by atoms with Crippen LogP contribution >= 0.6 is 0 Å². The van der Waals surface area contributed by atoms with E-state index in [1.807, 2.05) is 17.9 Å². The lowest BCUT2D eigenvalue weighted by atomic mass is 9.77. The molecule has 0 spiro atoms. The summed E-state index contributed by atoms with van der Waals surface area (Å²) in [6, 6.07) is 2.80. The van der Waals surface area contributed by atoms with Crippen molar-refractivity contribution in [1.82, 2.24) is 15.1 Å². The van der Waals surface area contributed by atoms with Crippen LogP contribution in [0.4, 0.5) is 0 Å². The van der Waals surface area contributed by atoms with E-state index in [-0.39, 0.29) is 0 Å². The number of hydrogen-bond donors (Lipinski definition) is 1. The quantitative estimate of drug-likeness (QED) is 0.869. The maximum absolute atomic E-state index is 4.24. The summed E-state index contributed by atoms with van der Waals surface area (Å²) in [5, 5.41) is 7.79. The van der Waals surface area contributed by atoms with Crippen molar-refractivity contribution >= 4 is 0 Å². The van der Waals surface area contributed by atoms with Gasteiger partial charge in [0, 0.05) is 25.0 Å². The topological polar surface area (TPSA) is 29.9 Å². The van der Waals surface area contributed by atoms with Gasteiger partial charge in [-0.1, -0.05) is 19.8 Å². The van der Waals surface area contributed by atoms with Crippen LogP contribution < -0.4 is 5.32 Å². The first-order valence-corrected chi connectivity index (χ1v) is 7.35. The molecule has 1 fully saturated rings. The highest BCUT2D eigenvalue weighted by atomic mass is 15.2. The molecule has 0 bridgehead atoms. The van der Waals surface area contributed by atoms with E-state index >= 15 is 0 Å². The number of nitrogens with zero attached hydrogens (tertiary/aromatic N) is 2. The number of rotatable bonds is 5. The first kappa shape index (κ1) is 13.6. The van der Waals surface area contributed by atoms with E-state index in [0.29, 0.717) is 6.04 Å². The zero-order valence-electron chi connectivity index (χ0n) is 12.0. The van der Waals surface area contributed by atoms with Crippen LogP contribution in [0.25, 0.3) is 0 Å². The van der Waals surface area contributed by atoms with Gasteiger partial charge in [0.2, 0.25) is 0 Å². The van der Waals surface area contributed by atoms with Gasteiger partial charge in [0.25, 0.3) is 0 Å². The minimum Gasteiger partial charge on any atom is -0.317 e. The summed E-state index contributed by atoms with van der Waals surface area (Å²) in [5.74, 6) is 1.78. The lowest BCUT2D eigenvalue weighted by Crippen LogP contribution is -2.36. The molecule has 0 radical (unpaired) electrons. The Morgan fingerprint density at radius 2 is 2.33 bits per heavy atom. The van der Waals surface area contributed by atoms with Gasteiger partial charge in [-0.05, 0) is 50.6 Å². The van der Waals surface area contributed by atoms with Crippen molar-refractivity contribution in [3.63, 3.8) is 0 Å². The zero-order valence-corrected chi connectivity index (χ0v) is 12.0. The third-order valence-electron chi connectivity index (χ3n) is 4.55. The molecule has 2 rings (SSSR count). The molecule has 1 aliphatic carbocycles. The monoisotopic (exact) mass is 249 g/mol. The molecule has 0 aliphatic heterocycles. The Balaban J connectivity index is 1.87. The standard InChI is InChI=1S/C15H27N3/c1-12-5-4-6-13(11-12)15(16-2)8-7-14-9-10-17-18(14)3/h9-10,12-13,15-16H,4-8,11H2,1-3H3. The van der Waals surface area contributed by atoms with Crippen molar-refractivity contribution in [3.8, 4) is 0 Å². The maximum Gasteiger partial charge on any atom is 0.0492 e. The Labute approximate surface area is 111 Å². The van der Waals surface area contributed by atoms with Crippen molar-refractivity contribution in [2.75, 3.05) is 7.05 Å². The van der Waals surface area contributed by atoms with Crippen molar-refractivity contribution in [1.29, 1.82) is 0 Å². The van der Waals surface area contributed by atoms with E-state index in [1.54, 1.807) is 0 Å². The molecular formula is C15H27N3. The van der Waals surface area contributed by atoms with Crippen molar-refractivity contribution in [2.45, 2.75) is 51.5 Å². The van der Waals surface area contributed by atoms with Crippen LogP contribution in [0.2, 0.25) is 0 Å². The number of nitrogens with one attached hydrogen (secondary N) is 1. The van der Waals surface area contributed by atoms with Crippen molar-refractivity contribution in [2.24, 2.45) is 18.9 Å². The van der Waals surface area contributed by atoms with Gasteiger partial charge in [-0.2, -0.15) is 5.10 Å². The van der Waals surface area contributed by atoms with Gasteiger partial charge < -0.3 is 5.32 Å². The highest BCUT2D eigenvalue weighted by Gasteiger charge is 2.25. The minimum atomic E-state index is 0.669. The summed E-state index contributed by atoms with van der Waals surface area (Å²) in [6.07, 6.45) is 9.90. The van der Waals surface area contributed by atoms with Crippen LogP contribution in [0.5, 0.6) is 0 Å². The Bertz CT molecular complexity index is 358. The molecule has 1 aromatic heterocycles. The number of hydrogen-bond acceptors (Lipinski definition) is 2. The molecule has 1 heterocycles. The van der Waals surface area contributed by atoms with Crippen molar-refractivity contribution < 1.29 is 0 Å². The molecule has 1 aromatic rings. The first-order chi connectivity index (χ1) is 8.70. The molecule has 18 heavy (non-hydrogen) atoms. The molecule has 0 aromatic carbocycles. The van der Waals surface area contributed by atoms with E-state index in [1.165, 1.54) is 37.8 Å². The molecular weight excluding hydrogens is 222 g/mol. The van der Waals surface area contributed by atoms with E-state index in [4.69, 9.17) is 0 Å². The fourth-order valence-corrected chi connectivity index (χ4v) is 3.41. The Hall–Kier alpha value is -0.830. The largest absolute Gasteiger partial charge is 0.317 e. The summed E-state index contributed by atoms with van der Waals surface area (Å²) >= 11 is 0. The molecule has 3 nitrogen and oxygen atoms in total. The third-order valence-corrected chi connectivity index (χ3v) is 4.55. The first-order valence-electron chi connectivity index (χ1n) is 7.35. The smallest absolute Gasteiger partial charge is 0.0492 e. The highest BCUT2D eigenvalue weighted by molar-refractivity contribution is 5.00. The minimum absolute atomic E-state index is 0.669. The fourth-order valence-electron chi connectivity index (χ4n) is 3.41. The number of aromatic nitrogens is 2. The lowest BCUT2D eigenvalue weighted by molar-refractivity contribution is 0.221. The third kappa shape index (κ3) is 3.35. The predicted octanol–water partition coefficient (Wildman–Crippen LogP) is 2.77. The molecule has 3 heteroatoms. The van der Waals surface area contributed by atoms with Crippen LogP contribution in [0, 0.1) is 11.8 Å². The van der Waals surface area contributed by atoms with Crippen LogP contribution in [-0.2, 0) is 13.5 Å². The maximum atomic E-state index is 4.24.